The molecule has 0 N–H and O–H groups in total. The molecule has 0 unspecified atom stereocenters. The van der Waals surface area contributed by atoms with Crippen molar-refractivity contribution in [1.82, 2.24) is 4.90 Å². The average molecular weight is 267 g/mol. The maximum absolute atomic E-state index is 11.1. The summed E-state index contributed by atoms with van der Waals surface area (Å²) >= 11 is 1.85. The number of methoxy groups -OCH3 is 1. The summed E-state index contributed by atoms with van der Waals surface area (Å²) in [5.41, 5.74) is 0. The predicted octanol–water partition coefficient (Wildman–Crippen LogP) is 2.66. The highest BCUT2D eigenvalue weighted by Crippen LogP contribution is 2.16. The first-order chi connectivity index (χ1) is 8.76. The SMILES string of the molecule is CCN(CCSc1ccccc1)CCC(=O)OC. The molecule has 0 bridgehead atoms. The summed E-state index contributed by atoms with van der Waals surface area (Å²) in [5, 5.41) is 0. The van der Waals surface area contributed by atoms with Crippen molar-refractivity contribution < 1.29 is 9.53 Å². The predicted molar refractivity (Wildman–Crippen MR) is 75.9 cm³/mol. The fourth-order valence-electron chi connectivity index (χ4n) is 1.59. The van der Waals surface area contributed by atoms with E-state index in [9.17, 15) is 4.79 Å². The molecule has 4 heteroatoms. The molecule has 1 aromatic rings. The van der Waals surface area contributed by atoms with Crippen molar-refractivity contribution in [2.75, 3.05) is 32.5 Å². The van der Waals surface area contributed by atoms with Crippen molar-refractivity contribution in [3.8, 4) is 0 Å². The Morgan fingerprint density at radius 2 is 2.00 bits per heavy atom. The molecule has 0 saturated heterocycles. The van der Waals surface area contributed by atoms with Gasteiger partial charge in [0.25, 0.3) is 0 Å². The Morgan fingerprint density at radius 3 is 2.61 bits per heavy atom. The van der Waals surface area contributed by atoms with E-state index < -0.39 is 0 Å². The maximum atomic E-state index is 11.1. The molecule has 0 fully saturated rings. The number of ether oxygens (including phenoxy) is 1. The molecule has 1 aromatic carbocycles. The van der Waals surface area contributed by atoms with Crippen molar-refractivity contribution in [3.05, 3.63) is 30.3 Å². The van der Waals surface area contributed by atoms with Crippen molar-refractivity contribution in [2.24, 2.45) is 0 Å². The zero-order chi connectivity index (χ0) is 13.2. The number of esters is 1. The van der Waals surface area contributed by atoms with E-state index in [1.165, 1.54) is 12.0 Å². The Kier molecular flexibility index (Phi) is 7.53. The van der Waals surface area contributed by atoms with Crippen LogP contribution >= 0.6 is 11.8 Å². The highest BCUT2D eigenvalue weighted by Gasteiger charge is 2.06. The van der Waals surface area contributed by atoms with Gasteiger partial charge < -0.3 is 9.64 Å². The molecular formula is C14H21NO2S. The smallest absolute Gasteiger partial charge is 0.306 e. The molecule has 0 aliphatic carbocycles. The molecule has 1 rings (SSSR count). The van der Waals surface area contributed by atoms with E-state index in [-0.39, 0.29) is 5.97 Å². The second-order valence-electron chi connectivity index (χ2n) is 3.92. The number of rotatable bonds is 8. The summed E-state index contributed by atoms with van der Waals surface area (Å²) in [4.78, 5) is 14.6. The molecule has 0 amide bonds. The third kappa shape index (κ3) is 6.07. The van der Waals surface area contributed by atoms with Crippen LogP contribution < -0.4 is 0 Å². The fraction of sp³-hybridized carbons (Fsp3) is 0.500. The Labute approximate surface area is 114 Å². The Morgan fingerprint density at radius 1 is 1.28 bits per heavy atom. The van der Waals surface area contributed by atoms with Gasteiger partial charge in [0.1, 0.15) is 0 Å². The van der Waals surface area contributed by atoms with Crippen molar-refractivity contribution in [3.63, 3.8) is 0 Å². The summed E-state index contributed by atoms with van der Waals surface area (Å²) in [6.45, 7) is 4.85. The Hall–Kier alpha value is -1.00. The highest BCUT2D eigenvalue weighted by molar-refractivity contribution is 7.99. The van der Waals surface area contributed by atoms with Gasteiger partial charge in [-0.2, -0.15) is 0 Å². The molecule has 3 nitrogen and oxygen atoms in total. The lowest BCUT2D eigenvalue weighted by molar-refractivity contribution is -0.140. The first-order valence-electron chi connectivity index (χ1n) is 6.23. The lowest BCUT2D eigenvalue weighted by Gasteiger charge is -2.19. The zero-order valence-corrected chi connectivity index (χ0v) is 11.9. The summed E-state index contributed by atoms with van der Waals surface area (Å²) in [6, 6.07) is 10.4. The summed E-state index contributed by atoms with van der Waals surface area (Å²) in [5.74, 6) is 0.906. The van der Waals surface area contributed by atoms with E-state index in [0.717, 1.165) is 25.4 Å². The lowest BCUT2D eigenvalue weighted by atomic mass is 10.4. The molecular weight excluding hydrogens is 246 g/mol. The van der Waals surface area contributed by atoms with Crippen LogP contribution in [0.5, 0.6) is 0 Å². The van der Waals surface area contributed by atoms with E-state index >= 15 is 0 Å². The van der Waals surface area contributed by atoms with Crippen LogP contribution in [0.15, 0.2) is 35.2 Å². The standard InChI is InChI=1S/C14H21NO2S/c1-3-15(10-9-14(16)17-2)11-12-18-13-7-5-4-6-8-13/h4-8H,3,9-12H2,1-2H3. The first kappa shape index (κ1) is 15.1. The molecule has 0 aliphatic rings. The lowest BCUT2D eigenvalue weighted by Crippen LogP contribution is -2.28. The molecule has 0 saturated carbocycles. The minimum Gasteiger partial charge on any atom is -0.469 e. The minimum atomic E-state index is -0.135. The van der Waals surface area contributed by atoms with E-state index in [4.69, 9.17) is 0 Å². The Balaban J connectivity index is 2.21. The molecule has 0 atom stereocenters. The summed E-state index contributed by atoms with van der Waals surface area (Å²) in [7, 11) is 1.43. The molecule has 0 aliphatic heterocycles. The van der Waals surface area contributed by atoms with E-state index in [2.05, 4.69) is 40.8 Å². The van der Waals surface area contributed by atoms with Gasteiger partial charge in [0.2, 0.25) is 0 Å². The number of thioether (sulfide) groups is 1. The molecule has 0 spiro atoms. The molecule has 100 valence electrons. The summed E-state index contributed by atoms with van der Waals surface area (Å²) < 4.78 is 4.65. The van der Waals surface area contributed by atoms with Crippen LogP contribution in [0.1, 0.15) is 13.3 Å². The van der Waals surface area contributed by atoms with Crippen LogP contribution in [0.25, 0.3) is 0 Å². The Bertz CT molecular complexity index is 343. The summed E-state index contributed by atoms with van der Waals surface area (Å²) in [6.07, 6.45) is 0.473. The largest absolute Gasteiger partial charge is 0.469 e. The van der Waals surface area contributed by atoms with Crippen LogP contribution in [-0.2, 0) is 9.53 Å². The van der Waals surface area contributed by atoms with Gasteiger partial charge in [0, 0.05) is 23.7 Å². The molecule has 0 radical (unpaired) electrons. The topological polar surface area (TPSA) is 29.5 Å². The van der Waals surface area contributed by atoms with Gasteiger partial charge in [-0.25, -0.2) is 0 Å². The zero-order valence-electron chi connectivity index (χ0n) is 11.1. The van der Waals surface area contributed by atoms with E-state index in [0.29, 0.717) is 6.42 Å². The quantitative estimate of drug-likeness (QED) is 0.535. The number of carbonyl (C=O) groups excluding carboxylic acids is 1. The number of hydrogen-bond donors (Lipinski definition) is 0. The van der Waals surface area contributed by atoms with Crippen molar-refractivity contribution >= 4 is 17.7 Å². The van der Waals surface area contributed by atoms with Gasteiger partial charge in [0.15, 0.2) is 0 Å². The van der Waals surface area contributed by atoms with Crippen LogP contribution in [0, 0.1) is 0 Å². The number of carbonyl (C=O) groups is 1. The molecule has 18 heavy (non-hydrogen) atoms. The molecule has 0 aromatic heterocycles. The van der Waals surface area contributed by atoms with Gasteiger partial charge in [-0.05, 0) is 18.7 Å². The van der Waals surface area contributed by atoms with Crippen LogP contribution in [-0.4, -0.2) is 43.4 Å². The number of nitrogens with zero attached hydrogens (tertiary/aromatic N) is 1. The fourth-order valence-corrected chi connectivity index (χ4v) is 2.52. The van der Waals surface area contributed by atoms with Gasteiger partial charge in [-0.3, -0.25) is 4.79 Å². The minimum absolute atomic E-state index is 0.135. The van der Waals surface area contributed by atoms with E-state index in [1.807, 2.05) is 17.8 Å². The second kappa shape index (κ2) is 9.00. The first-order valence-corrected chi connectivity index (χ1v) is 7.21. The van der Waals surface area contributed by atoms with Gasteiger partial charge in [0.05, 0.1) is 13.5 Å². The number of hydrogen-bond acceptors (Lipinski definition) is 4. The maximum Gasteiger partial charge on any atom is 0.306 e. The second-order valence-corrected chi connectivity index (χ2v) is 5.09. The van der Waals surface area contributed by atoms with Crippen molar-refractivity contribution in [2.45, 2.75) is 18.2 Å². The van der Waals surface area contributed by atoms with Gasteiger partial charge in [-0.1, -0.05) is 25.1 Å². The van der Waals surface area contributed by atoms with Crippen LogP contribution in [0.3, 0.4) is 0 Å². The van der Waals surface area contributed by atoms with Crippen molar-refractivity contribution in [1.29, 1.82) is 0 Å². The average Bonchev–Trinajstić information content (AvgIpc) is 2.43. The van der Waals surface area contributed by atoms with E-state index in [1.54, 1.807) is 0 Å². The monoisotopic (exact) mass is 267 g/mol. The van der Waals surface area contributed by atoms with Crippen LogP contribution in [0.4, 0.5) is 0 Å². The third-order valence-corrected chi connectivity index (χ3v) is 3.72. The third-order valence-electron chi connectivity index (χ3n) is 2.73. The normalized spacial score (nSPS) is 10.6. The number of benzene rings is 1. The van der Waals surface area contributed by atoms with Gasteiger partial charge >= 0.3 is 5.97 Å². The van der Waals surface area contributed by atoms with Gasteiger partial charge in [-0.15, -0.1) is 11.8 Å². The molecule has 0 heterocycles. The van der Waals surface area contributed by atoms with Crippen LogP contribution in [0.2, 0.25) is 0 Å². The highest BCUT2D eigenvalue weighted by atomic mass is 32.2.